The van der Waals surface area contributed by atoms with Crippen molar-refractivity contribution >= 4 is 0 Å². The van der Waals surface area contributed by atoms with Crippen molar-refractivity contribution < 1.29 is 14.4 Å². The van der Waals surface area contributed by atoms with Gasteiger partial charge in [0.1, 0.15) is 11.6 Å². The number of rotatable bonds is 4. The first-order valence-electron chi connectivity index (χ1n) is 5.73. The van der Waals surface area contributed by atoms with E-state index in [-0.39, 0.29) is 12.3 Å². The van der Waals surface area contributed by atoms with Gasteiger partial charge in [0, 0.05) is 10.5 Å². The number of aromatic hydroxyl groups is 1. The number of hydrogen-bond donors (Lipinski definition) is 1. The first-order valence-corrected chi connectivity index (χ1v) is 5.73. The Labute approximate surface area is 109 Å². The van der Waals surface area contributed by atoms with E-state index in [1.54, 1.807) is 18.2 Å². The SMILES string of the molecule is O=[N+]([O-])CC(c1ccc(F)cc1)c1ccccc1O. The van der Waals surface area contributed by atoms with Crippen molar-refractivity contribution in [1.82, 2.24) is 0 Å². The van der Waals surface area contributed by atoms with E-state index < -0.39 is 16.7 Å². The van der Waals surface area contributed by atoms with Gasteiger partial charge in [0.2, 0.25) is 6.54 Å². The van der Waals surface area contributed by atoms with Gasteiger partial charge >= 0.3 is 0 Å². The third-order valence-corrected chi connectivity index (χ3v) is 2.92. The van der Waals surface area contributed by atoms with Gasteiger partial charge in [0.15, 0.2) is 0 Å². The molecule has 0 saturated carbocycles. The molecule has 2 rings (SSSR count). The van der Waals surface area contributed by atoms with Crippen LogP contribution in [0, 0.1) is 15.9 Å². The van der Waals surface area contributed by atoms with Crippen molar-refractivity contribution in [3.05, 3.63) is 75.6 Å². The van der Waals surface area contributed by atoms with Crippen molar-refractivity contribution in [2.24, 2.45) is 0 Å². The third kappa shape index (κ3) is 3.07. The molecular weight excluding hydrogens is 249 g/mol. The lowest BCUT2D eigenvalue weighted by Crippen LogP contribution is -2.14. The summed E-state index contributed by atoms with van der Waals surface area (Å²) in [5.41, 5.74) is 1.06. The van der Waals surface area contributed by atoms with Crippen LogP contribution in [0.5, 0.6) is 5.75 Å². The number of hydrogen-bond acceptors (Lipinski definition) is 3. The molecule has 0 spiro atoms. The lowest BCUT2D eigenvalue weighted by Gasteiger charge is -2.15. The van der Waals surface area contributed by atoms with Crippen molar-refractivity contribution in [3.63, 3.8) is 0 Å². The van der Waals surface area contributed by atoms with Crippen LogP contribution in [0.4, 0.5) is 4.39 Å². The number of benzene rings is 2. The Morgan fingerprint density at radius 3 is 2.37 bits per heavy atom. The van der Waals surface area contributed by atoms with E-state index in [1.165, 1.54) is 30.3 Å². The highest BCUT2D eigenvalue weighted by atomic mass is 19.1. The van der Waals surface area contributed by atoms with E-state index in [0.717, 1.165) is 0 Å². The molecule has 0 radical (unpaired) electrons. The predicted molar refractivity (Wildman–Crippen MR) is 68.2 cm³/mol. The highest BCUT2D eigenvalue weighted by molar-refractivity contribution is 5.41. The second-order valence-electron chi connectivity index (χ2n) is 4.18. The molecular formula is C14H12FNO3. The number of nitrogens with zero attached hydrogens (tertiary/aromatic N) is 1. The summed E-state index contributed by atoms with van der Waals surface area (Å²) in [5.74, 6) is -1.00. The number of halogens is 1. The Hall–Kier alpha value is -2.43. The number of phenols is 1. The molecule has 0 aliphatic heterocycles. The molecule has 1 unspecified atom stereocenters. The fourth-order valence-electron chi connectivity index (χ4n) is 2.01. The topological polar surface area (TPSA) is 63.4 Å². The van der Waals surface area contributed by atoms with Gasteiger partial charge in [-0.1, -0.05) is 30.3 Å². The average molecular weight is 261 g/mol. The predicted octanol–water partition coefficient (Wildman–Crippen LogP) is 2.94. The Balaban J connectivity index is 2.44. The van der Waals surface area contributed by atoms with Gasteiger partial charge in [0.05, 0.1) is 5.92 Å². The Morgan fingerprint density at radius 2 is 1.79 bits per heavy atom. The highest BCUT2D eigenvalue weighted by Crippen LogP contribution is 2.31. The number of phenolic OH excluding ortho intramolecular Hbond substituents is 1. The largest absolute Gasteiger partial charge is 0.508 e. The molecule has 0 bridgehead atoms. The molecule has 2 aromatic rings. The Kier molecular flexibility index (Phi) is 3.75. The summed E-state index contributed by atoms with van der Waals surface area (Å²) in [7, 11) is 0. The van der Waals surface area contributed by atoms with Gasteiger partial charge in [-0.2, -0.15) is 0 Å². The van der Waals surface area contributed by atoms with Crippen LogP contribution >= 0.6 is 0 Å². The molecule has 1 atom stereocenters. The van der Waals surface area contributed by atoms with Crippen LogP contribution < -0.4 is 0 Å². The van der Waals surface area contributed by atoms with E-state index >= 15 is 0 Å². The molecule has 0 amide bonds. The Morgan fingerprint density at radius 1 is 1.16 bits per heavy atom. The van der Waals surface area contributed by atoms with Crippen LogP contribution in [0.15, 0.2) is 48.5 Å². The van der Waals surface area contributed by atoms with Crippen LogP contribution in [-0.4, -0.2) is 16.6 Å². The fourth-order valence-corrected chi connectivity index (χ4v) is 2.01. The average Bonchev–Trinajstić information content (AvgIpc) is 2.38. The monoisotopic (exact) mass is 261 g/mol. The number of para-hydroxylation sites is 1. The third-order valence-electron chi connectivity index (χ3n) is 2.92. The van der Waals surface area contributed by atoms with Crippen LogP contribution in [-0.2, 0) is 0 Å². The summed E-state index contributed by atoms with van der Waals surface area (Å²) in [6.45, 7) is -0.358. The van der Waals surface area contributed by atoms with E-state index in [4.69, 9.17) is 0 Å². The summed E-state index contributed by atoms with van der Waals surface area (Å²) < 4.78 is 12.9. The van der Waals surface area contributed by atoms with Gasteiger partial charge < -0.3 is 5.11 Å². The standard InChI is InChI=1S/C14H12FNO3/c15-11-7-5-10(6-8-11)13(9-16(18)19)12-3-1-2-4-14(12)17/h1-8,13,17H,9H2. The van der Waals surface area contributed by atoms with Gasteiger partial charge in [-0.3, -0.25) is 10.1 Å². The maximum Gasteiger partial charge on any atom is 0.214 e. The smallest absolute Gasteiger partial charge is 0.214 e. The van der Waals surface area contributed by atoms with Crippen molar-refractivity contribution in [1.29, 1.82) is 0 Å². The first kappa shape index (κ1) is 13.0. The lowest BCUT2D eigenvalue weighted by molar-refractivity contribution is -0.481. The lowest BCUT2D eigenvalue weighted by atomic mass is 9.90. The van der Waals surface area contributed by atoms with E-state index in [2.05, 4.69) is 0 Å². The van der Waals surface area contributed by atoms with Crippen LogP contribution in [0.2, 0.25) is 0 Å². The maximum atomic E-state index is 12.9. The zero-order valence-corrected chi connectivity index (χ0v) is 9.99. The second kappa shape index (κ2) is 5.48. The van der Waals surface area contributed by atoms with E-state index in [0.29, 0.717) is 11.1 Å². The molecule has 5 heteroatoms. The van der Waals surface area contributed by atoms with Crippen LogP contribution in [0.3, 0.4) is 0 Å². The molecule has 98 valence electrons. The molecule has 0 saturated heterocycles. The van der Waals surface area contributed by atoms with Crippen molar-refractivity contribution in [2.45, 2.75) is 5.92 Å². The van der Waals surface area contributed by atoms with Crippen molar-refractivity contribution in [2.75, 3.05) is 6.54 Å². The van der Waals surface area contributed by atoms with Crippen LogP contribution in [0.25, 0.3) is 0 Å². The van der Waals surface area contributed by atoms with Crippen LogP contribution in [0.1, 0.15) is 17.0 Å². The molecule has 0 aromatic heterocycles. The normalized spacial score (nSPS) is 12.1. The van der Waals surface area contributed by atoms with Gasteiger partial charge in [0.25, 0.3) is 0 Å². The summed E-state index contributed by atoms with van der Waals surface area (Å²) in [6.07, 6.45) is 0. The maximum absolute atomic E-state index is 12.9. The van der Waals surface area contributed by atoms with Gasteiger partial charge in [-0.25, -0.2) is 4.39 Å². The summed E-state index contributed by atoms with van der Waals surface area (Å²) in [4.78, 5) is 10.3. The fraction of sp³-hybridized carbons (Fsp3) is 0.143. The van der Waals surface area contributed by atoms with E-state index in [1.807, 2.05) is 0 Å². The van der Waals surface area contributed by atoms with Gasteiger partial charge in [-0.05, 0) is 23.8 Å². The molecule has 2 aromatic carbocycles. The minimum absolute atomic E-state index is 0.00123. The molecule has 0 aliphatic carbocycles. The molecule has 19 heavy (non-hydrogen) atoms. The van der Waals surface area contributed by atoms with Gasteiger partial charge in [-0.15, -0.1) is 0 Å². The molecule has 1 N–H and O–H groups in total. The first-order chi connectivity index (χ1) is 9.08. The highest BCUT2D eigenvalue weighted by Gasteiger charge is 2.22. The summed E-state index contributed by atoms with van der Waals surface area (Å²) in [6, 6.07) is 12.0. The van der Waals surface area contributed by atoms with Crippen molar-refractivity contribution in [3.8, 4) is 5.75 Å². The molecule has 0 fully saturated rings. The molecule has 0 aliphatic rings. The molecule has 4 nitrogen and oxygen atoms in total. The zero-order chi connectivity index (χ0) is 13.8. The Bertz CT molecular complexity index is 583. The molecule has 0 heterocycles. The minimum Gasteiger partial charge on any atom is -0.508 e. The second-order valence-corrected chi connectivity index (χ2v) is 4.18. The summed E-state index contributed by atoms with van der Waals surface area (Å²) >= 11 is 0. The summed E-state index contributed by atoms with van der Waals surface area (Å²) in [5, 5.41) is 20.6. The number of nitro groups is 1. The zero-order valence-electron chi connectivity index (χ0n) is 9.99. The quantitative estimate of drug-likeness (QED) is 0.679. The van der Waals surface area contributed by atoms with E-state index in [9.17, 15) is 19.6 Å². The minimum atomic E-state index is -0.600.